The van der Waals surface area contributed by atoms with Gasteiger partial charge in [-0.3, -0.25) is 4.79 Å². The van der Waals surface area contributed by atoms with Crippen molar-refractivity contribution in [1.29, 1.82) is 0 Å². The van der Waals surface area contributed by atoms with Crippen molar-refractivity contribution in [2.45, 2.75) is 4.90 Å². The predicted molar refractivity (Wildman–Crippen MR) is 80.6 cm³/mol. The van der Waals surface area contributed by atoms with Gasteiger partial charge in [0.05, 0.1) is 10.5 Å². The van der Waals surface area contributed by atoms with E-state index in [1.807, 2.05) is 0 Å². The minimum atomic E-state index is -3.35. The fourth-order valence-electron chi connectivity index (χ4n) is 1.80. The van der Waals surface area contributed by atoms with E-state index in [1.54, 1.807) is 0 Å². The van der Waals surface area contributed by atoms with Gasteiger partial charge in [-0.1, -0.05) is 12.1 Å². The Balaban J connectivity index is 2.01. The summed E-state index contributed by atoms with van der Waals surface area (Å²) in [6.45, 7) is -0.532. The summed E-state index contributed by atoms with van der Waals surface area (Å²) in [5.41, 5.74) is 0.217. The van der Waals surface area contributed by atoms with Crippen LogP contribution < -0.4 is 0 Å². The van der Waals surface area contributed by atoms with E-state index >= 15 is 0 Å². The fourth-order valence-corrected chi connectivity index (χ4v) is 2.43. The lowest BCUT2D eigenvalue weighted by Gasteiger charge is -2.05. The van der Waals surface area contributed by atoms with Gasteiger partial charge in [0, 0.05) is 11.8 Å². The van der Waals surface area contributed by atoms with Gasteiger partial charge in [0.15, 0.2) is 22.2 Å². The Morgan fingerprint density at radius 3 is 2.26 bits per heavy atom. The Bertz CT molecular complexity index is 841. The maximum absolute atomic E-state index is 13.0. The maximum atomic E-state index is 13.0. The molecule has 0 atom stereocenters. The molecule has 2 aromatic rings. The lowest BCUT2D eigenvalue weighted by Crippen LogP contribution is -2.14. The first kappa shape index (κ1) is 16.8. The topological polar surface area (TPSA) is 77.5 Å². The maximum Gasteiger partial charge on any atom is 0.338 e. The molecule has 0 aliphatic carbocycles. The number of Topliss-reactive ketones (excluding diaryl/α,β-unsaturated/α-hetero) is 1. The van der Waals surface area contributed by atoms with E-state index in [1.165, 1.54) is 42.5 Å². The molecule has 0 saturated carbocycles. The number of carbonyl (C=O) groups is 2. The number of halogens is 1. The van der Waals surface area contributed by atoms with Crippen molar-refractivity contribution >= 4 is 21.6 Å². The molecule has 2 aromatic carbocycles. The van der Waals surface area contributed by atoms with Gasteiger partial charge in [-0.25, -0.2) is 17.6 Å². The average Bonchev–Trinajstić information content (AvgIpc) is 2.51. The van der Waals surface area contributed by atoms with Crippen LogP contribution in [-0.4, -0.2) is 33.0 Å². The van der Waals surface area contributed by atoms with Crippen LogP contribution in [0.1, 0.15) is 20.7 Å². The van der Waals surface area contributed by atoms with E-state index in [0.29, 0.717) is 0 Å². The summed E-state index contributed by atoms with van der Waals surface area (Å²) in [6, 6.07) is 10.2. The van der Waals surface area contributed by atoms with Crippen LogP contribution in [0.2, 0.25) is 0 Å². The Morgan fingerprint density at radius 2 is 1.70 bits per heavy atom. The van der Waals surface area contributed by atoms with Gasteiger partial charge >= 0.3 is 5.97 Å². The monoisotopic (exact) mass is 336 g/mol. The van der Waals surface area contributed by atoms with Gasteiger partial charge in [0.1, 0.15) is 5.82 Å². The lowest BCUT2D eigenvalue weighted by atomic mass is 10.1. The van der Waals surface area contributed by atoms with Crippen LogP contribution >= 0.6 is 0 Å². The molecule has 0 radical (unpaired) electrons. The van der Waals surface area contributed by atoms with Gasteiger partial charge in [0.2, 0.25) is 0 Å². The molecule has 0 saturated heterocycles. The summed E-state index contributed by atoms with van der Waals surface area (Å²) in [5.74, 6) is -1.86. The lowest BCUT2D eigenvalue weighted by molar-refractivity contribution is 0.0474. The summed E-state index contributed by atoms with van der Waals surface area (Å²) in [5, 5.41) is 0. The molecular formula is C16H13FO5S. The second kappa shape index (κ2) is 6.70. The normalized spacial score (nSPS) is 11.0. The molecule has 0 N–H and O–H groups in total. The molecular weight excluding hydrogens is 323 g/mol. The smallest absolute Gasteiger partial charge is 0.338 e. The fraction of sp³-hybridized carbons (Fsp3) is 0.125. The Morgan fingerprint density at radius 1 is 1.04 bits per heavy atom. The molecule has 0 fully saturated rings. The standard InChI is InChI=1S/C16H13FO5S/c1-23(20,21)14-7-5-11(6-8-14)16(19)22-10-15(18)12-3-2-4-13(17)9-12/h2-9H,10H2,1H3. The largest absolute Gasteiger partial charge is 0.454 e. The third kappa shape index (κ3) is 4.46. The van der Waals surface area contributed by atoms with Crippen molar-refractivity contribution in [3.05, 3.63) is 65.5 Å². The average molecular weight is 336 g/mol. The highest BCUT2D eigenvalue weighted by Gasteiger charge is 2.13. The minimum absolute atomic E-state index is 0.0740. The summed E-state index contributed by atoms with van der Waals surface area (Å²) in [4.78, 5) is 23.7. The van der Waals surface area contributed by atoms with Crippen LogP contribution in [0, 0.1) is 5.82 Å². The first-order valence-electron chi connectivity index (χ1n) is 6.53. The van der Waals surface area contributed by atoms with Crippen molar-refractivity contribution in [2.24, 2.45) is 0 Å². The van der Waals surface area contributed by atoms with E-state index in [4.69, 9.17) is 4.74 Å². The molecule has 120 valence electrons. The van der Waals surface area contributed by atoms with Crippen molar-refractivity contribution in [1.82, 2.24) is 0 Å². The van der Waals surface area contributed by atoms with Crippen molar-refractivity contribution in [3.8, 4) is 0 Å². The molecule has 2 rings (SSSR count). The Kier molecular flexibility index (Phi) is 4.90. The van der Waals surface area contributed by atoms with Crippen LogP contribution in [-0.2, 0) is 14.6 Å². The number of hydrogen-bond acceptors (Lipinski definition) is 5. The number of hydrogen-bond donors (Lipinski definition) is 0. The molecule has 0 aliphatic heterocycles. The highest BCUT2D eigenvalue weighted by Crippen LogP contribution is 2.11. The second-order valence-electron chi connectivity index (χ2n) is 4.81. The second-order valence-corrected chi connectivity index (χ2v) is 6.82. The van der Waals surface area contributed by atoms with Crippen molar-refractivity contribution in [3.63, 3.8) is 0 Å². The van der Waals surface area contributed by atoms with Crippen LogP contribution in [0.4, 0.5) is 4.39 Å². The molecule has 0 heterocycles. The quantitative estimate of drug-likeness (QED) is 0.618. The molecule has 23 heavy (non-hydrogen) atoms. The van der Waals surface area contributed by atoms with Gasteiger partial charge in [-0.15, -0.1) is 0 Å². The molecule has 0 spiro atoms. The summed E-state index contributed by atoms with van der Waals surface area (Å²) in [6.07, 6.45) is 1.05. The zero-order valence-corrected chi connectivity index (χ0v) is 13.0. The first-order chi connectivity index (χ1) is 10.8. The van der Waals surface area contributed by atoms with E-state index < -0.39 is 34.0 Å². The van der Waals surface area contributed by atoms with Gasteiger partial charge in [-0.05, 0) is 36.4 Å². The minimum Gasteiger partial charge on any atom is -0.454 e. The van der Waals surface area contributed by atoms with E-state index in [9.17, 15) is 22.4 Å². The molecule has 7 heteroatoms. The van der Waals surface area contributed by atoms with E-state index in [2.05, 4.69) is 0 Å². The SMILES string of the molecule is CS(=O)(=O)c1ccc(C(=O)OCC(=O)c2cccc(F)c2)cc1. The highest BCUT2D eigenvalue weighted by atomic mass is 32.2. The third-order valence-corrected chi connectivity index (χ3v) is 4.13. The highest BCUT2D eigenvalue weighted by molar-refractivity contribution is 7.90. The van der Waals surface area contributed by atoms with Crippen LogP contribution in [0.15, 0.2) is 53.4 Å². The number of carbonyl (C=O) groups excluding carboxylic acids is 2. The van der Waals surface area contributed by atoms with Gasteiger partial charge < -0.3 is 4.74 Å². The Hall–Kier alpha value is -2.54. The number of rotatable bonds is 5. The molecule has 0 amide bonds. The third-order valence-electron chi connectivity index (χ3n) is 3.00. The van der Waals surface area contributed by atoms with Gasteiger partial charge in [-0.2, -0.15) is 0 Å². The van der Waals surface area contributed by atoms with Crippen LogP contribution in [0.25, 0.3) is 0 Å². The van der Waals surface area contributed by atoms with Crippen molar-refractivity contribution in [2.75, 3.05) is 12.9 Å². The number of benzene rings is 2. The number of esters is 1. The molecule has 0 unspecified atom stereocenters. The van der Waals surface area contributed by atoms with Crippen LogP contribution in [0.3, 0.4) is 0 Å². The van der Waals surface area contributed by atoms with Crippen molar-refractivity contribution < 1.29 is 27.1 Å². The zero-order valence-electron chi connectivity index (χ0n) is 12.2. The molecule has 0 aliphatic rings. The predicted octanol–water partition coefficient (Wildman–Crippen LogP) is 2.27. The van der Waals surface area contributed by atoms with E-state index in [-0.39, 0.29) is 16.0 Å². The van der Waals surface area contributed by atoms with Gasteiger partial charge in [0.25, 0.3) is 0 Å². The number of ether oxygens (including phenoxy) is 1. The number of ketones is 1. The zero-order chi connectivity index (χ0) is 17.0. The Labute approximate surface area is 132 Å². The molecule has 0 bridgehead atoms. The molecule has 5 nitrogen and oxygen atoms in total. The number of sulfone groups is 1. The van der Waals surface area contributed by atoms with E-state index in [0.717, 1.165) is 12.3 Å². The first-order valence-corrected chi connectivity index (χ1v) is 8.42. The summed E-state index contributed by atoms with van der Waals surface area (Å²) >= 11 is 0. The van der Waals surface area contributed by atoms with Crippen LogP contribution in [0.5, 0.6) is 0 Å². The molecule has 0 aromatic heterocycles. The summed E-state index contributed by atoms with van der Waals surface area (Å²) < 4.78 is 40.5. The summed E-state index contributed by atoms with van der Waals surface area (Å²) in [7, 11) is -3.35.